The SMILES string of the molecule is CC1OC(Oc2cccc(/C=C\c3ccc(O)cc3)c2)C(C)C2OC12. The summed E-state index contributed by atoms with van der Waals surface area (Å²) in [5.41, 5.74) is 2.07. The molecule has 0 radical (unpaired) electrons. The second-order valence-electron chi connectivity index (χ2n) is 6.75. The monoisotopic (exact) mass is 338 g/mol. The van der Waals surface area contributed by atoms with Crippen molar-refractivity contribution in [2.24, 2.45) is 5.92 Å². The van der Waals surface area contributed by atoms with Gasteiger partial charge in [0.15, 0.2) is 0 Å². The summed E-state index contributed by atoms with van der Waals surface area (Å²) in [7, 11) is 0. The Hall–Kier alpha value is -2.30. The minimum Gasteiger partial charge on any atom is -0.508 e. The van der Waals surface area contributed by atoms with E-state index in [1.54, 1.807) is 12.1 Å². The molecule has 0 amide bonds. The van der Waals surface area contributed by atoms with Gasteiger partial charge in [-0.25, -0.2) is 0 Å². The van der Waals surface area contributed by atoms with Crippen molar-refractivity contribution >= 4 is 12.2 Å². The largest absolute Gasteiger partial charge is 0.508 e. The zero-order chi connectivity index (χ0) is 17.4. The summed E-state index contributed by atoms with van der Waals surface area (Å²) in [6.45, 7) is 4.14. The fraction of sp³-hybridized carbons (Fsp3) is 0.333. The van der Waals surface area contributed by atoms with Crippen molar-refractivity contribution in [1.29, 1.82) is 0 Å². The first-order chi connectivity index (χ1) is 12.1. The van der Waals surface area contributed by atoms with Crippen molar-refractivity contribution < 1.29 is 19.3 Å². The molecule has 0 bridgehead atoms. The molecule has 2 fully saturated rings. The molecule has 2 aliphatic heterocycles. The van der Waals surface area contributed by atoms with Crippen LogP contribution in [0.25, 0.3) is 12.2 Å². The molecule has 2 aliphatic rings. The van der Waals surface area contributed by atoms with E-state index < -0.39 is 0 Å². The highest BCUT2D eigenvalue weighted by Crippen LogP contribution is 2.41. The van der Waals surface area contributed by atoms with E-state index in [1.165, 1.54) is 0 Å². The number of hydrogen-bond acceptors (Lipinski definition) is 4. The summed E-state index contributed by atoms with van der Waals surface area (Å²) in [6.07, 6.45) is 4.30. The number of phenols is 1. The highest BCUT2D eigenvalue weighted by atomic mass is 16.7. The Balaban J connectivity index is 1.45. The quantitative estimate of drug-likeness (QED) is 0.674. The van der Waals surface area contributed by atoms with Crippen LogP contribution in [0.3, 0.4) is 0 Å². The van der Waals surface area contributed by atoms with Crippen LogP contribution in [-0.4, -0.2) is 29.7 Å². The maximum atomic E-state index is 9.33. The summed E-state index contributed by atoms with van der Waals surface area (Å²) >= 11 is 0. The molecule has 4 nitrogen and oxygen atoms in total. The van der Waals surface area contributed by atoms with E-state index in [0.29, 0.717) is 0 Å². The molecule has 130 valence electrons. The van der Waals surface area contributed by atoms with Gasteiger partial charge in [-0.1, -0.05) is 43.3 Å². The standard InChI is InChI=1S/C21H22O4/c1-13-19-20(25-19)14(2)23-21(13)24-18-5-3-4-16(12-18)7-6-15-8-10-17(22)11-9-15/h3-14,19-22H,1-2H3/b7-6-. The number of epoxide rings is 1. The average molecular weight is 338 g/mol. The Morgan fingerprint density at radius 1 is 0.920 bits per heavy atom. The summed E-state index contributed by atoms with van der Waals surface area (Å²) in [5, 5.41) is 9.33. The zero-order valence-electron chi connectivity index (χ0n) is 14.3. The first-order valence-electron chi connectivity index (χ1n) is 8.65. The number of fused-ring (bicyclic) bond motifs is 1. The van der Waals surface area contributed by atoms with Gasteiger partial charge < -0.3 is 19.3 Å². The molecule has 4 rings (SSSR count). The van der Waals surface area contributed by atoms with Gasteiger partial charge in [0, 0.05) is 5.92 Å². The van der Waals surface area contributed by atoms with Crippen LogP contribution in [0.15, 0.2) is 48.5 Å². The molecule has 0 aliphatic carbocycles. The van der Waals surface area contributed by atoms with Gasteiger partial charge in [-0.15, -0.1) is 0 Å². The van der Waals surface area contributed by atoms with Crippen LogP contribution < -0.4 is 4.74 Å². The maximum Gasteiger partial charge on any atom is 0.205 e. The molecule has 25 heavy (non-hydrogen) atoms. The van der Waals surface area contributed by atoms with Crippen molar-refractivity contribution in [3.05, 3.63) is 59.7 Å². The number of aromatic hydroxyl groups is 1. The van der Waals surface area contributed by atoms with Crippen LogP contribution in [0, 0.1) is 5.92 Å². The van der Waals surface area contributed by atoms with E-state index in [2.05, 4.69) is 6.92 Å². The van der Waals surface area contributed by atoms with Gasteiger partial charge in [-0.3, -0.25) is 0 Å². The number of ether oxygens (including phenoxy) is 3. The van der Waals surface area contributed by atoms with Crippen molar-refractivity contribution in [2.75, 3.05) is 0 Å². The Labute approximate surface area is 147 Å². The fourth-order valence-corrected chi connectivity index (χ4v) is 3.24. The van der Waals surface area contributed by atoms with E-state index in [9.17, 15) is 5.11 Å². The van der Waals surface area contributed by atoms with Gasteiger partial charge in [-0.2, -0.15) is 0 Å². The third kappa shape index (κ3) is 3.55. The normalized spacial score (nSPS) is 30.9. The van der Waals surface area contributed by atoms with E-state index in [1.807, 2.05) is 55.5 Å². The Kier molecular flexibility index (Phi) is 4.24. The second kappa shape index (κ2) is 6.54. The molecule has 5 unspecified atom stereocenters. The van der Waals surface area contributed by atoms with Gasteiger partial charge in [0.05, 0.1) is 12.2 Å². The molecule has 0 aromatic heterocycles. The number of hydrogen-bond donors (Lipinski definition) is 1. The fourth-order valence-electron chi connectivity index (χ4n) is 3.24. The van der Waals surface area contributed by atoms with Crippen molar-refractivity contribution in [1.82, 2.24) is 0 Å². The Morgan fingerprint density at radius 3 is 2.48 bits per heavy atom. The summed E-state index contributed by atoms with van der Waals surface area (Å²) in [4.78, 5) is 0. The molecular weight excluding hydrogens is 316 g/mol. The lowest BCUT2D eigenvalue weighted by molar-refractivity contribution is -0.156. The number of phenolic OH excluding ortho intramolecular Hbond substituents is 1. The predicted molar refractivity (Wildman–Crippen MR) is 96.3 cm³/mol. The summed E-state index contributed by atoms with van der Waals surface area (Å²) in [5.74, 6) is 1.28. The Morgan fingerprint density at radius 2 is 1.68 bits per heavy atom. The predicted octanol–water partition coefficient (Wildman–Crippen LogP) is 4.09. The second-order valence-corrected chi connectivity index (χ2v) is 6.75. The third-order valence-electron chi connectivity index (χ3n) is 4.79. The van der Waals surface area contributed by atoms with Gasteiger partial charge in [-0.05, 0) is 42.3 Å². The topological polar surface area (TPSA) is 51.2 Å². The average Bonchev–Trinajstić information content (AvgIpc) is 3.41. The van der Waals surface area contributed by atoms with Crippen LogP contribution in [0.2, 0.25) is 0 Å². The van der Waals surface area contributed by atoms with Crippen molar-refractivity contribution in [2.45, 2.75) is 38.4 Å². The highest BCUT2D eigenvalue weighted by Gasteiger charge is 2.55. The van der Waals surface area contributed by atoms with E-state index in [4.69, 9.17) is 14.2 Å². The van der Waals surface area contributed by atoms with Crippen LogP contribution in [0.5, 0.6) is 11.5 Å². The van der Waals surface area contributed by atoms with Gasteiger partial charge in [0.25, 0.3) is 0 Å². The van der Waals surface area contributed by atoms with Crippen LogP contribution >= 0.6 is 0 Å². The minimum absolute atomic E-state index is 0.0729. The highest BCUT2D eigenvalue weighted by molar-refractivity contribution is 5.70. The van der Waals surface area contributed by atoms with Gasteiger partial charge in [0.2, 0.25) is 6.29 Å². The number of benzene rings is 2. The summed E-state index contributed by atoms with van der Waals surface area (Å²) in [6, 6.07) is 15.0. The summed E-state index contributed by atoms with van der Waals surface area (Å²) < 4.78 is 17.7. The minimum atomic E-state index is -0.282. The lowest BCUT2D eigenvalue weighted by Crippen LogP contribution is -2.42. The Bertz CT molecular complexity index is 768. The van der Waals surface area contributed by atoms with Crippen LogP contribution in [-0.2, 0) is 9.47 Å². The number of rotatable bonds is 4. The molecule has 2 aromatic carbocycles. The van der Waals surface area contributed by atoms with Crippen molar-refractivity contribution in [3.8, 4) is 11.5 Å². The first kappa shape index (κ1) is 16.2. The lowest BCUT2D eigenvalue weighted by atomic mass is 9.99. The molecule has 2 aromatic rings. The molecule has 2 heterocycles. The molecule has 0 saturated carbocycles. The molecule has 0 spiro atoms. The van der Waals surface area contributed by atoms with Gasteiger partial charge in [0.1, 0.15) is 17.6 Å². The molecule has 4 heteroatoms. The molecular formula is C21H22O4. The maximum absolute atomic E-state index is 9.33. The van der Waals surface area contributed by atoms with E-state index >= 15 is 0 Å². The molecule has 2 saturated heterocycles. The molecule has 5 atom stereocenters. The van der Waals surface area contributed by atoms with Crippen LogP contribution in [0.1, 0.15) is 25.0 Å². The molecule has 1 N–H and O–H groups in total. The smallest absolute Gasteiger partial charge is 0.205 e. The van der Waals surface area contributed by atoms with Crippen molar-refractivity contribution in [3.63, 3.8) is 0 Å². The van der Waals surface area contributed by atoms with E-state index in [-0.39, 0.29) is 36.3 Å². The van der Waals surface area contributed by atoms with E-state index in [0.717, 1.165) is 16.9 Å². The lowest BCUT2D eigenvalue weighted by Gasteiger charge is -2.30. The first-order valence-corrected chi connectivity index (χ1v) is 8.65. The zero-order valence-corrected chi connectivity index (χ0v) is 14.3. The van der Waals surface area contributed by atoms with Crippen LogP contribution in [0.4, 0.5) is 0 Å². The van der Waals surface area contributed by atoms with Gasteiger partial charge >= 0.3 is 0 Å². The third-order valence-corrected chi connectivity index (χ3v) is 4.79.